The van der Waals surface area contributed by atoms with Gasteiger partial charge in [-0.3, -0.25) is 4.79 Å². The fraction of sp³-hybridized carbons (Fsp3) is 0.500. The Bertz CT molecular complexity index is 798. The van der Waals surface area contributed by atoms with Gasteiger partial charge in [-0.15, -0.1) is 0 Å². The smallest absolute Gasteiger partial charge is 0.319 e. The van der Waals surface area contributed by atoms with Crippen LogP contribution in [0.15, 0.2) is 10.6 Å². The maximum absolute atomic E-state index is 12.2. The summed E-state index contributed by atoms with van der Waals surface area (Å²) in [5.74, 6) is -0.169. The summed E-state index contributed by atoms with van der Waals surface area (Å²) >= 11 is 0. The van der Waals surface area contributed by atoms with Gasteiger partial charge in [0.1, 0.15) is 0 Å². The van der Waals surface area contributed by atoms with Crippen molar-refractivity contribution in [3.05, 3.63) is 23.0 Å². The number of nitrogens with zero attached hydrogens (tertiary/aromatic N) is 4. The van der Waals surface area contributed by atoms with E-state index in [2.05, 4.69) is 15.5 Å². The number of pyridine rings is 1. The number of carbonyl (C=O) groups is 2. The van der Waals surface area contributed by atoms with Crippen LogP contribution in [-0.2, 0) is 0 Å². The van der Waals surface area contributed by atoms with Crippen LogP contribution in [0, 0.1) is 6.92 Å². The lowest BCUT2D eigenvalue weighted by molar-refractivity contribution is 0.0964. The van der Waals surface area contributed by atoms with E-state index in [-0.39, 0.29) is 17.9 Å². The monoisotopic (exact) mass is 331 g/mol. The van der Waals surface area contributed by atoms with E-state index >= 15 is 0 Å². The van der Waals surface area contributed by atoms with E-state index in [1.54, 1.807) is 43.9 Å². The zero-order valence-corrected chi connectivity index (χ0v) is 14.3. The number of hydrogen-bond acceptors (Lipinski definition) is 5. The lowest BCUT2D eigenvalue weighted by Gasteiger charge is -2.21. The molecule has 2 aromatic rings. The van der Waals surface area contributed by atoms with E-state index in [1.165, 1.54) is 0 Å². The molecule has 8 nitrogen and oxygen atoms in total. The molecular weight excluding hydrogens is 310 g/mol. The van der Waals surface area contributed by atoms with Gasteiger partial charge in [-0.05, 0) is 19.4 Å². The van der Waals surface area contributed by atoms with Gasteiger partial charge in [-0.25, -0.2) is 9.78 Å². The highest BCUT2D eigenvalue weighted by Gasteiger charge is 2.33. The number of fused-ring (bicyclic) bond motifs is 1. The predicted octanol–water partition coefficient (Wildman–Crippen LogP) is 1.36. The fourth-order valence-corrected chi connectivity index (χ4v) is 3.13. The third-order valence-electron chi connectivity index (χ3n) is 4.30. The molecule has 3 rings (SSSR count). The van der Waals surface area contributed by atoms with Crippen LogP contribution in [-0.4, -0.2) is 66.1 Å². The first-order chi connectivity index (χ1) is 11.4. The van der Waals surface area contributed by atoms with Crippen LogP contribution in [0.1, 0.15) is 34.1 Å². The number of amides is 3. The van der Waals surface area contributed by atoms with Crippen molar-refractivity contribution in [1.29, 1.82) is 0 Å². The van der Waals surface area contributed by atoms with Gasteiger partial charge < -0.3 is 19.6 Å². The lowest BCUT2D eigenvalue weighted by Crippen LogP contribution is -2.37. The first-order valence-corrected chi connectivity index (χ1v) is 7.87. The molecule has 2 aromatic heterocycles. The van der Waals surface area contributed by atoms with E-state index in [0.717, 1.165) is 6.42 Å². The second kappa shape index (κ2) is 6.10. The number of hydrogen-bond donors (Lipinski definition) is 1. The molecular formula is C16H21N5O3. The summed E-state index contributed by atoms with van der Waals surface area (Å²) in [6, 6.07) is 1.71. The summed E-state index contributed by atoms with van der Waals surface area (Å²) in [7, 11) is 5.05. The molecule has 24 heavy (non-hydrogen) atoms. The molecule has 1 aliphatic heterocycles. The molecule has 0 aromatic carbocycles. The minimum atomic E-state index is -0.200. The van der Waals surface area contributed by atoms with Gasteiger partial charge in [-0.2, -0.15) is 0 Å². The molecule has 0 radical (unpaired) electrons. The van der Waals surface area contributed by atoms with E-state index < -0.39 is 0 Å². The molecule has 1 aliphatic rings. The zero-order chi connectivity index (χ0) is 17.4. The normalized spacial score (nSPS) is 17.3. The Morgan fingerprint density at radius 3 is 2.83 bits per heavy atom. The Labute approximate surface area is 139 Å². The molecule has 0 spiro atoms. The lowest BCUT2D eigenvalue weighted by atomic mass is 9.99. The van der Waals surface area contributed by atoms with Gasteiger partial charge in [0.05, 0.1) is 16.6 Å². The van der Waals surface area contributed by atoms with Gasteiger partial charge in [0.2, 0.25) is 0 Å². The van der Waals surface area contributed by atoms with Crippen molar-refractivity contribution < 1.29 is 14.1 Å². The number of rotatable bonds is 2. The zero-order valence-electron chi connectivity index (χ0n) is 14.3. The van der Waals surface area contributed by atoms with Crippen molar-refractivity contribution in [2.75, 3.05) is 34.2 Å². The van der Waals surface area contributed by atoms with Gasteiger partial charge >= 0.3 is 6.03 Å². The quantitative estimate of drug-likeness (QED) is 0.897. The number of carbonyl (C=O) groups excluding carboxylic acids is 2. The number of urea groups is 1. The van der Waals surface area contributed by atoms with E-state index in [1.807, 2.05) is 0 Å². The highest BCUT2D eigenvalue weighted by Crippen LogP contribution is 2.33. The minimum Gasteiger partial charge on any atom is -0.355 e. The first kappa shape index (κ1) is 16.2. The fourth-order valence-electron chi connectivity index (χ4n) is 3.13. The average molecular weight is 331 g/mol. The second-order valence-corrected chi connectivity index (χ2v) is 6.25. The first-order valence-electron chi connectivity index (χ1n) is 7.87. The topological polar surface area (TPSA) is 91.6 Å². The minimum absolute atomic E-state index is 0.0224. The maximum atomic E-state index is 12.2. The van der Waals surface area contributed by atoms with Crippen LogP contribution in [0.3, 0.4) is 0 Å². The molecule has 1 unspecified atom stereocenters. The number of nitrogens with one attached hydrogen (secondary N) is 1. The van der Waals surface area contributed by atoms with Gasteiger partial charge in [-0.1, -0.05) is 5.16 Å². The molecule has 1 N–H and O–H groups in total. The Balaban J connectivity index is 1.99. The molecule has 0 aliphatic carbocycles. The molecule has 8 heteroatoms. The molecule has 128 valence electrons. The SMILES string of the molecule is CNC(=O)c1cc(C)nc2onc(C3CCN(C(=O)N(C)C)C3)c12. The third kappa shape index (κ3) is 2.68. The predicted molar refractivity (Wildman–Crippen MR) is 87.9 cm³/mol. The van der Waals surface area contributed by atoms with Gasteiger partial charge in [0, 0.05) is 45.8 Å². The number of likely N-dealkylation sites (tertiary alicyclic amines) is 1. The Hall–Kier alpha value is -2.64. The summed E-state index contributed by atoms with van der Waals surface area (Å²) in [6.45, 7) is 3.02. The molecule has 3 heterocycles. The highest BCUT2D eigenvalue weighted by molar-refractivity contribution is 6.06. The second-order valence-electron chi connectivity index (χ2n) is 6.25. The highest BCUT2D eigenvalue weighted by atomic mass is 16.5. The number of aryl methyl sites for hydroxylation is 1. The molecule has 1 atom stereocenters. The molecule has 0 bridgehead atoms. The Morgan fingerprint density at radius 1 is 1.42 bits per heavy atom. The van der Waals surface area contributed by atoms with Gasteiger partial charge in [0.15, 0.2) is 0 Å². The standard InChI is InChI=1S/C16H21N5O3/c1-9-7-11(14(22)17-2)12-13(19-24-15(12)18-9)10-5-6-21(8-10)16(23)20(3)4/h7,10H,5-6,8H2,1-4H3,(H,17,22). The summed E-state index contributed by atoms with van der Waals surface area (Å²) in [4.78, 5) is 32.0. The van der Waals surface area contributed by atoms with Crippen LogP contribution in [0.5, 0.6) is 0 Å². The maximum Gasteiger partial charge on any atom is 0.319 e. The van der Waals surface area contributed by atoms with Gasteiger partial charge in [0.25, 0.3) is 11.6 Å². The van der Waals surface area contributed by atoms with Crippen molar-refractivity contribution in [1.82, 2.24) is 25.3 Å². The Kier molecular flexibility index (Phi) is 4.13. The number of aromatic nitrogens is 2. The molecule has 3 amide bonds. The van der Waals surface area contributed by atoms with Crippen molar-refractivity contribution in [3.63, 3.8) is 0 Å². The summed E-state index contributed by atoms with van der Waals surface area (Å²) in [6.07, 6.45) is 0.780. The van der Waals surface area contributed by atoms with E-state index in [9.17, 15) is 9.59 Å². The van der Waals surface area contributed by atoms with Crippen molar-refractivity contribution >= 4 is 23.0 Å². The summed E-state index contributed by atoms with van der Waals surface area (Å²) in [5.41, 5.74) is 2.26. The van der Waals surface area contributed by atoms with Crippen molar-refractivity contribution in [2.45, 2.75) is 19.3 Å². The van der Waals surface area contributed by atoms with Crippen LogP contribution in [0.25, 0.3) is 11.1 Å². The third-order valence-corrected chi connectivity index (χ3v) is 4.30. The Morgan fingerprint density at radius 2 is 2.17 bits per heavy atom. The average Bonchev–Trinajstić information content (AvgIpc) is 3.18. The summed E-state index contributed by atoms with van der Waals surface area (Å²) < 4.78 is 5.37. The molecule has 1 saturated heterocycles. The van der Waals surface area contributed by atoms with E-state index in [0.29, 0.717) is 41.1 Å². The van der Waals surface area contributed by atoms with Crippen molar-refractivity contribution in [2.24, 2.45) is 0 Å². The summed E-state index contributed by atoms with van der Waals surface area (Å²) in [5, 5.41) is 7.45. The van der Waals surface area contributed by atoms with E-state index in [4.69, 9.17) is 4.52 Å². The molecule has 1 fully saturated rings. The van der Waals surface area contributed by atoms with Crippen LogP contribution in [0.4, 0.5) is 4.79 Å². The largest absolute Gasteiger partial charge is 0.355 e. The van der Waals surface area contributed by atoms with Crippen LogP contribution >= 0.6 is 0 Å². The molecule has 0 saturated carbocycles. The van der Waals surface area contributed by atoms with Crippen LogP contribution in [0.2, 0.25) is 0 Å². The van der Waals surface area contributed by atoms with Crippen molar-refractivity contribution in [3.8, 4) is 0 Å². The van der Waals surface area contributed by atoms with Crippen LogP contribution < -0.4 is 5.32 Å².